The Morgan fingerprint density at radius 1 is 1.14 bits per heavy atom. The van der Waals surface area contributed by atoms with Crippen molar-refractivity contribution < 1.29 is 18.9 Å². The first kappa shape index (κ1) is 18.8. The molecule has 1 aromatic heterocycles. The van der Waals surface area contributed by atoms with Crippen LogP contribution in [0.2, 0.25) is 0 Å². The van der Waals surface area contributed by atoms with E-state index in [0.717, 1.165) is 4.73 Å². The predicted molar refractivity (Wildman–Crippen MR) is 98.4 cm³/mol. The summed E-state index contributed by atoms with van der Waals surface area (Å²) in [6.07, 6.45) is 1.34. The molecule has 2 aromatic carbocycles. The summed E-state index contributed by atoms with van der Waals surface area (Å²) in [6.45, 7) is -0.00383. The molecule has 0 aliphatic rings. The van der Waals surface area contributed by atoms with Gasteiger partial charge in [-0.25, -0.2) is 4.39 Å². The summed E-state index contributed by atoms with van der Waals surface area (Å²) < 4.78 is 13.8. The van der Waals surface area contributed by atoms with Crippen LogP contribution in [-0.2, 0) is 6.61 Å². The van der Waals surface area contributed by atoms with Crippen LogP contribution >= 0.6 is 0 Å². The van der Waals surface area contributed by atoms with Crippen LogP contribution in [0.15, 0.2) is 71.7 Å². The molecular formula is C19H14FN3O5. The van der Waals surface area contributed by atoms with Gasteiger partial charge in [0.2, 0.25) is 0 Å². The van der Waals surface area contributed by atoms with Crippen LogP contribution in [0.1, 0.15) is 15.9 Å². The fourth-order valence-electron chi connectivity index (χ4n) is 2.37. The first-order chi connectivity index (χ1) is 13.4. The summed E-state index contributed by atoms with van der Waals surface area (Å²) in [5.74, 6) is -1.12. The van der Waals surface area contributed by atoms with Crippen molar-refractivity contribution >= 4 is 17.3 Å². The molecule has 0 aliphatic carbocycles. The van der Waals surface area contributed by atoms with Crippen LogP contribution in [0, 0.1) is 15.9 Å². The molecule has 3 rings (SSSR count). The van der Waals surface area contributed by atoms with E-state index in [1.807, 2.05) is 0 Å². The zero-order valence-corrected chi connectivity index (χ0v) is 14.4. The topological polar surface area (TPSA) is 103 Å². The van der Waals surface area contributed by atoms with Crippen LogP contribution in [0.25, 0.3) is 0 Å². The maximum atomic E-state index is 12.9. The fourth-order valence-corrected chi connectivity index (χ4v) is 2.37. The van der Waals surface area contributed by atoms with E-state index in [4.69, 9.17) is 4.84 Å². The third kappa shape index (κ3) is 4.39. The standard InChI is InChI=1S/C19H14FN3O5/c20-14-8-6-13(7-9-14)12-28-22-10-2-5-17(19(22)25)18(24)21-15-3-1-4-16(11-15)23(26)27/h1-11H,12H2,(H,21,24). The number of anilines is 1. The number of nitrogens with one attached hydrogen (secondary N) is 1. The molecule has 0 radical (unpaired) electrons. The van der Waals surface area contributed by atoms with E-state index in [9.17, 15) is 24.1 Å². The molecule has 3 aromatic rings. The van der Waals surface area contributed by atoms with Gasteiger partial charge in [-0.2, -0.15) is 4.73 Å². The number of carbonyl (C=O) groups is 1. The summed E-state index contributed by atoms with van der Waals surface area (Å²) in [6, 6.07) is 13.7. The van der Waals surface area contributed by atoms with Crippen LogP contribution in [0.5, 0.6) is 0 Å². The first-order valence-electron chi connectivity index (χ1n) is 8.09. The summed E-state index contributed by atoms with van der Waals surface area (Å²) in [4.78, 5) is 40.4. The van der Waals surface area contributed by atoms with Gasteiger partial charge in [-0.3, -0.25) is 19.7 Å². The van der Waals surface area contributed by atoms with Crippen molar-refractivity contribution in [3.8, 4) is 0 Å². The van der Waals surface area contributed by atoms with Crippen LogP contribution in [0.4, 0.5) is 15.8 Å². The van der Waals surface area contributed by atoms with Gasteiger partial charge in [-0.15, -0.1) is 0 Å². The van der Waals surface area contributed by atoms with Crippen LogP contribution in [-0.4, -0.2) is 15.6 Å². The Kier molecular flexibility index (Phi) is 5.45. The van der Waals surface area contributed by atoms with Crippen molar-refractivity contribution in [3.05, 3.63) is 104 Å². The van der Waals surface area contributed by atoms with Gasteiger partial charge in [0.15, 0.2) is 0 Å². The Balaban J connectivity index is 1.75. The van der Waals surface area contributed by atoms with Crippen molar-refractivity contribution in [2.24, 2.45) is 0 Å². The highest BCUT2D eigenvalue weighted by atomic mass is 19.1. The van der Waals surface area contributed by atoms with E-state index in [1.54, 1.807) is 0 Å². The molecule has 0 atom stereocenters. The average Bonchev–Trinajstić information content (AvgIpc) is 2.68. The summed E-state index contributed by atoms with van der Waals surface area (Å²) >= 11 is 0. The molecule has 1 N–H and O–H groups in total. The molecule has 0 aliphatic heterocycles. The molecule has 0 saturated carbocycles. The summed E-state index contributed by atoms with van der Waals surface area (Å²) in [5, 5.41) is 13.3. The summed E-state index contributed by atoms with van der Waals surface area (Å²) in [5.41, 5.74) is -0.271. The Morgan fingerprint density at radius 3 is 2.61 bits per heavy atom. The van der Waals surface area contributed by atoms with E-state index in [1.165, 1.54) is 66.9 Å². The molecule has 28 heavy (non-hydrogen) atoms. The number of nitrogens with zero attached hydrogens (tertiary/aromatic N) is 2. The molecule has 0 fully saturated rings. The number of nitro benzene ring substituents is 1. The van der Waals surface area contributed by atoms with Gasteiger partial charge in [0, 0.05) is 24.0 Å². The van der Waals surface area contributed by atoms with Crippen LogP contribution in [0.3, 0.4) is 0 Å². The number of halogens is 1. The lowest BCUT2D eigenvalue weighted by Gasteiger charge is -2.10. The minimum Gasteiger partial charge on any atom is -0.406 e. The molecule has 8 nitrogen and oxygen atoms in total. The van der Waals surface area contributed by atoms with E-state index in [0.29, 0.717) is 5.56 Å². The first-order valence-corrected chi connectivity index (χ1v) is 8.09. The lowest BCUT2D eigenvalue weighted by molar-refractivity contribution is -0.384. The number of nitro groups is 1. The van der Waals surface area contributed by atoms with Gasteiger partial charge in [-0.05, 0) is 35.9 Å². The van der Waals surface area contributed by atoms with Crippen LogP contribution < -0.4 is 15.7 Å². The van der Waals surface area contributed by atoms with Crippen molar-refractivity contribution in [2.45, 2.75) is 6.61 Å². The second-order valence-electron chi connectivity index (χ2n) is 5.71. The minimum atomic E-state index is -0.731. The molecule has 1 amide bonds. The smallest absolute Gasteiger partial charge is 0.295 e. The monoisotopic (exact) mass is 383 g/mol. The SMILES string of the molecule is O=C(Nc1cccc([N+](=O)[O-])c1)c1cccn(OCc2ccc(F)cc2)c1=O. The zero-order valence-electron chi connectivity index (χ0n) is 14.4. The largest absolute Gasteiger partial charge is 0.406 e. The third-order valence-corrected chi connectivity index (χ3v) is 3.76. The Morgan fingerprint density at radius 2 is 1.89 bits per heavy atom. The van der Waals surface area contributed by atoms with Crippen molar-refractivity contribution in [1.82, 2.24) is 4.73 Å². The van der Waals surface area contributed by atoms with E-state index in [-0.39, 0.29) is 29.4 Å². The normalized spacial score (nSPS) is 10.3. The highest BCUT2D eigenvalue weighted by molar-refractivity contribution is 6.04. The highest BCUT2D eigenvalue weighted by Gasteiger charge is 2.14. The molecule has 0 saturated heterocycles. The maximum Gasteiger partial charge on any atom is 0.295 e. The second-order valence-corrected chi connectivity index (χ2v) is 5.71. The van der Waals surface area contributed by atoms with Gasteiger partial charge in [0.05, 0.1) is 4.92 Å². The molecule has 1 heterocycles. The number of hydrogen-bond acceptors (Lipinski definition) is 5. The highest BCUT2D eigenvalue weighted by Crippen LogP contribution is 2.17. The molecule has 0 spiro atoms. The minimum absolute atomic E-state index is 0.00383. The predicted octanol–water partition coefficient (Wildman–Crippen LogP) is 2.78. The Labute approximate surface area is 157 Å². The number of carbonyl (C=O) groups excluding carboxylic acids is 1. The number of rotatable bonds is 6. The Hall–Kier alpha value is -4.01. The van der Waals surface area contributed by atoms with Gasteiger partial charge in [0.1, 0.15) is 18.0 Å². The molecule has 0 unspecified atom stereocenters. The van der Waals surface area contributed by atoms with Crippen molar-refractivity contribution in [3.63, 3.8) is 0 Å². The van der Waals surface area contributed by atoms with Gasteiger partial charge in [-0.1, -0.05) is 18.2 Å². The number of aromatic nitrogens is 1. The third-order valence-electron chi connectivity index (χ3n) is 3.76. The number of hydrogen-bond donors (Lipinski definition) is 1. The zero-order chi connectivity index (χ0) is 20.1. The van der Waals surface area contributed by atoms with Crippen molar-refractivity contribution in [2.75, 3.05) is 5.32 Å². The Bertz CT molecular complexity index is 1080. The van der Waals surface area contributed by atoms with Crippen molar-refractivity contribution in [1.29, 1.82) is 0 Å². The van der Waals surface area contributed by atoms with E-state index in [2.05, 4.69) is 5.32 Å². The fraction of sp³-hybridized carbons (Fsp3) is 0.0526. The van der Waals surface area contributed by atoms with E-state index >= 15 is 0 Å². The summed E-state index contributed by atoms with van der Waals surface area (Å²) in [7, 11) is 0. The second kappa shape index (κ2) is 8.12. The molecular weight excluding hydrogens is 369 g/mol. The number of benzene rings is 2. The van der Waals surface area contributed by atoms with E-state index < -0.39 is 16.4 Å². The molecule has 142 valence electrons. The molecule has 9 heteroatoms. The number of pyridine rings is 1. The number of non-ortho nitro benzene ring substituents is 1. The van der Waals surface area contributed by atoms with Gasteiger partial charge in [0.25, 0.3) is 17.2 Å². The van der Waals surface area contributed by atoms with Gasteiger partial charge < -0.3 is 10.2 Å². The quantitative estimate of drug-likeness (QED) is 0.521. The maximum absolute atomic E-state index is 12.9. The lowest BCUT2D eigenvalue weighted by atomic mass is 10.2. The van der Waals surface area contributed by atoms with Gasteiger partial charge >= 0.3 is 0 Å². The molecule has 0 bridgehead atoms. The number of amides is 1. The average molecular weight is 383 g/mol. The lowest BCUT2D eigenvalue weighted by Crippen LogP contribution is -2.32.